The first-order valence-corrected chi connectivity index (χ1v) is 8.36. The van der Waals surface area contributed by atoms with Gasteiger partial charge in [-0.3, -0.25) is 4.90 Å². The number of fused-ring (bicyclic) bond motifs is 3. The van der Waals surface area contributed by atoms with Crippen LogP contribution in [0.25, 0.3) is 11.1 Å². The first-order valence-electron chi connectivity index (χ1n) is 8.36. The fourth-order valence-corrected chi connectivity index (χ4v) is 4.17. The Labute approximate surface area is 136 Å². The normalized spacial score (nSPS) is 22.4. The van der Waals surface area contributed by atoms with E-state index in [0.717, 1.165) is 18.5 Å². The van der Waals surface area contributed by atoms with E-state index in [1.165, 1.54) is 36.6 Å². The summed E-state index contributed by atoms with van der Waals surface area (Å²) in [5.41, 5.74) is 4.79. The molecule has 0 unspecified atom stereocenters. The molecule has 2 aliphatic rings. The van der Waals surface area contributed by atoms with Gasteiger partial charge in [-0.25, -0.2) is 4.79 Å². The molecule has 0 spiro atoms. The summed E-state index contributed by atoms with van der Waals surface area (Å²) in [6, 6.07) is 17.2. The molecule has 3 heteroatoms. The monoisotopic (exact) mass is 307 g/mol. The van der Waals surface area contributed by atoms with Crippen LogP contribution < -0.4 is 4.90 Å². The highest BCUT2D eigenvalue weighted by Gasteiger charge is 2.43. The van der Waals surface area contributed by atoms with E-state index in [1.54, 1.807) is 0 Å². The summed E-state index contributed by atoms with van der Waals surface area (Å²) in [6.07, 6.45) is 4.42. The van der Waals surface area contributed by atoms with Crippen molar-refractivity contribution in [3.8, 4) is 11.1 Å². The largest absolute Gasteiger partial charge is 0.452 e. The van der Waals surface area contributed by atoms with Gasteiger partial charge in [0.15, 0.2) is 0 Å². The van der Waals surface area contributed by atoms with Gasteiger partial charge in [0, 0.05) is 12.0 Å². The molecule has 2 aromatic rings. The van der Waals surface area contributed by atoms with E-state index in [0.29, 0.717) is 5.92 Å². The lowest BCUT2D eigenvalue weighted by Crippen LogP contribution is -2.40. The van der Waals surface area contributed by atoms with Crippen LogP contribution in [0.4, 0.5) is 10.5 Å². The van der Waals surface area contributed by atoms with E-state index in [-0.39, 0.29) is 12.1 Å². The predicted molar refractivity (Wildman–Crippen MR) is 91.8 cm³/mol. The number of hydrogen-bond acceptors (Lipinski definition) is 2. The summed E-state index contributed by atoms with van der Waals surface area (Å²) in [4.78, 5) is 14.2. The SMILES string of the molecule is COC(=O)N1c2ccc(-c3ccccc3)cc2[C@@H]2CCCC[C@H]21. The highest BCUT2D eigenvalue weighted by molar-refractivity contribution is 5.92. The number of benzene rings is 2. The van der Waals surface area contributed by atoms with Gasteiger partial charge in [0.05, 0.1) is 12.8 Å². The Morgan fingerprint density at radius 2 is 1.83 bits per heavy atom. The van der Waals surface area contributed by atoms with Crippen molar-refractivity contribution in [3.63, 3.8) is 0 Å². The summed E-state index contributed by atoms with van der Waals surface area (Å²) >= 11 is 0. The smallest absolute Gasteiger partial charge is 0.414 e. The van der Waals surface area contributed by atoms with Crippen molar-refractivity contribution in [3.05, 3.63) is 54.1 Å². The molecule has 3 nitrogen and oxygen atoms in total. The maximum absolute atomic E-state index is 12.3. The molecule has 0 saturated heterocycles. The van der Waals surface area contributed by atoms with Gasteiger partial charge in [0.2, 0.25) is 0 Å². The molecule has 118 valence electrons. The molecule has 1 saturated carbocycles. The van der Waals surface area contributed by atoms with Crippen molar-refractivity contribution >= 4 is 11.8 Å². The number of carbonyl (C=O) groups is 1. The lowest BCUT2D eigenvalue weighted by molar-refractivity contribution is 0.174. The number of methoxy groups -OCH3 is 1. The van der Waals surface area contributed by atoms with Gasteiger partial charge in [-0.1, -0.05) is 49.2 Å². The Hall–Kier alpha value is -2.29. The predicted octanol–water partition coefficient (Wildman–Crippen LogP) is 4.97. The standard InChI is InChI=1S/C20H21NO2/c1-23-20(22)21-18-10-6-5-9-16(18)17-13-15(11-12-19(17)21)14-7-3-2-4-8-14/h2-4,7-8,11-13,16,18H,5-6,9-10H2,1H3/t16-,18+/m0/s1. The molecule has 1 aliphatic heterocycles. The van der Waals surface area contributed by atoms with Gasteiger partial charge in [-0.05, 0) is 41.7 Å². The third kappa shape index (κ3) is 2.31. The van der Waals surface area contributed by atoms with Crippen LogP contribution in [0.1, 0.15) is 37.2 Å². The van der Waals surface area contributed by atoms with Crippen LogP contribution in [-0.4, -0.2) is 19.2 Å². The van der Waals surface area contributed by atoms with E-state index in [9.17, 15) is 4.79 Å². The van der Waals surface area contributed by atoms with Crippen molar-refractivity contribution in [2.24, 2.45) is 0 Å². The average Bonchev–Trinajstić information content (AvgIpc) is 2.95. The number of rotatable bonds is 1. The third-order valence-corrected chi connectivity index (χ3v) is 5.23. The summed E-state index contributed by atoms with van der Waals surface area (Å²) in [7, 11) is 1.47. The number of anilines is 1. The summed E-state index contributed by atoms with van der Waals surface area (Å²) in [5.74, 6) is 0.446. The van der Waals surface area contributed by atoms with E-state index < -0.39 is 0 Å². The Morgan fingerprint density at radius 1 is 1.04 bits per heavy atom. The molecular weight excluding hydrogens is 286 g/mol. The van der Waals surface area contributed by atoms with Gasteiger partial charge in [0.25, 0.3) is 0 Å². The van der Waals surface area contributed by atoms with Crippen molar-refractivity contribution in [2.75, 3.05) is 12.0 Å². The second-order valence-corrected chi connectivity index (χ2v) is 6.44. The lowest BCUT2D eigenvalue weighted by Gasteiger charge is -2.31. The van der Waals surface area contributed by atoms with Gasteiger partial charge in [0.1, 0.15) is 0 Å². The first-order chi connectivity index (χ1) is 11.3. The van der Waals surface area contributed by atoms with E-state index in [1.807, 2.05) is 11.0 Å². The Morgan fingerprint density at radius 3 is 2.61 bits per heavy atom. The van der Waals surface area contributed by atoms with Gasteiger partial charge < -0.3 is 4.74 Å². The van der Waals surface area contributed by atoms with E-state index >= 15 is 0 Å². The van der Waals surface area contributed by atoms with E-state index in [4.69, 9.17) is 4.74 Å². The Balaban J connectivity index is 1.80. The molecule has 4 rings (SSSR count). The molecule has 23 heavy (non-hydrogen) atoms. The number of amides is 1. The zero-order valence-corrected chi connectivity index (χ0v) is 13.4. The zero-order valence-electron chi connectivity index (χ0n) is 13.4. The molecule has 1 aliphatic carbocycles. The van der Waals surface area contributed by atoms with Crippen molar-refractivity contribution in [1.29, 1.82) is 0 Å². The molecule has 0 N–H and O–H groups in total. The van der Waals surface area contributed by atoms with Crippen molar-refractivity contribution in [2.45, 2.75) is 37.6 Å². The van der Waals surface area contributed by atoms with Crippen molar-refractivity contribution in [1.82, 2.24) is 0 Å². The Bertz CT molecular complexity index is 726. The van der Waals surface area contributed by atoms with Gasteiger partial charge in [-0.2, -0.15) is 0 Å². The molecule has 2 aromatic carbocycles. The third-order valence-electron chi connectivity index (χ3n) is 5.23. The minimum atomic E-state index is -0.229. The Kier molecular flexibility index (Phi) is 3.56. The van der Waals surface area contributed by atoms with Gasteiger partial charge in [-0.15, -0.1) is 0 Å². The van der Waals surface area contributed by atoms with E-state index in [2.05, 4.69) is 42.5 Å². The lowest BCUT2D eigenvalue weighted by atomic mass is 9.82. The second kappa shape index (κ2) is 5.73. The number of carbonyl (C=O) groups excluding carboxylic acids is 1. The topological polar surface area (TPSA) is 29.5 Å². The maximum Gasteiger partial charge on any atom is 0.414 e. The molecule has 0 radical (unpaired) electrons. The fourth-order valence-electron chi connectivity index (χ4n) is 4.17. The molecule has 2 atom stereocenters. The quantitative estimate of drug-likeness (QED) is 0.744. The fraction of sp³-hybridized carbons (Fsp3) is 0.350. The number of hydrogen-bond donors (Lipinski definition) is 0. The van der Waals surface area contributed by atoms with Crippen LogP contribution >= 0.6 is 0 Å². The summed E-state index contributed by atoms with van der Waals surface area (Å²) in [5, 5.41) is 0. The van der Waals surface area contributed by atoms with Crippen LogP contribution in [0, 0.1) is 0 Å². The number of ether oxygens (including phenoxy) is 1. The van der Waals surface area contributed by atoms with Gasteiger partial charge >= 0.3 is 6.09 Å². The minimum absolute atomic E-state index is 0.229. The number of nitrogens with zero attached hydrogens (tertiary/aromatic N) is 1. The first kappa shape index (κ1) is 14.3. The zero-order chi connectivity index (χ0) is 15.8. The molecule has 0 aromatic heterocycles. The van der Waals surface area contributed by atoms with Crippen LogP contribution in [0.2, 0.25) is 0 Å². The minimum Gasteiger partial charge on any atom is -0.452 e. The van der Waals surface area contributed by atoms with Crippen LogP contribution in [0.15, 0.2) is 48.5 Å². The maximum atomic E-state index is 12.3. The molecular formula is C20H21NO2. The molecule has 1 amide bonds. The summed E-state index contributed by atoms with van der Waals surface area (Å²) < 4.78 is 5.04. The second-order valence-electron chi connectivity index (χ2n) is 6.44. The van der Waals surface area contributed by atoms with Crippen LogP contribution in [0.3, 0.4) is 0 Å². The average molecular weight is 307 g/mol. The molecule has 1 fully saturated rings. The summed E-state index contributed by atoms with van der Waals surface area (Å²) in [6.45, 7) is 0. The van der Waals surface area contributed by atoms with Crippen LogP contribution in [-0.2, 0) is 4.74 Å². The highest BCUT2D eigenvalue weighted by Crippen LogP contribution is 2.49. The van der Waals surface area contributed by atoms with Crippen molar-refractivity contribution < 1.29 is 9.53 Å². The highest BCUT2D eigenvalue weighted by atomic mass is 16.5. The molecule has 0 bridgehead atoms. The van der Waals surface area contributed by atoms with Crippen LogP contribution in [0.5, 0.6) is 0 Å². The molecule has 1 heterocycles.